The Labute approximate surface area is 144 Å². The van der Waals surface area contributed by atoms with Gasteiger partial charge in [-0.2, -0.15) is 0 Å². The summed E-state index contributed by atoms with van der Waals surface area (Å²) in [6, 6.07) is 10.1. The van der Waals surface area contributed by atoms with Crippen LogP contribution >= 0.6 is 0 Å². The second-order valence-corrected chi connectivity index (χ2v) is 6.02. The van der Waals surface area contributed by atoms with Crippen molar-refractivity contribution < 1.29 is 23.1 Å². The maximum atomic E-state index is 13.4. The van der Waals surface area contributed by atoms with E-state index in [2.05, 4.69) is 13.8 Å². The molecule has 0 aromatic heterocycles. The molecule has 1 N–H and O–H groups in total. The van der Waals surface area contributed by atoms with Crippen LogP contribution in [0.15, 0.2) is 42.5 Å². The van der Waals surface area contributed by atoms with Gasteiger partial charge in [-0.3, -0.25) is 4.79 Å². The number of hydrogen-bond acceptors (Lipinski definition) is 3. The van der Waals surface area contributed by atoms with E-state index < -0.39 is 35.8 Å². The average molecular weight is 347 g/mol. The molecule has 2 aromatic carbocycles. The lowest BCUT2D eigenvalue weighted by atomic mass is 10.0. The molecule has 4 nitrogen and oxygen atoms in total. The van der Waals surface area contributed by atoms with Gasteiger partial charge in [0.15, 0.2) is 6.61 Å². The van der Waals surface area contributed by atoms with Gasteiger partial charge < -0.3 is 10.1 Å². The number of hydrogen-bond donors (Lipinski definition) is 1. The molecule has 0 spiro atoms. The second kappa shape index (κ2) is 8.37. The predicted octanol–water partition coefficient (Wildman–Crippen LogP) is 3.96. The van der Waals surface area contributed by atoms with Gasteiger partial charge >= 0.3 is 5.97 Å². The molecule has 2 rings (SSSR count). The summed E-state index contributed by atoms with van der Waals surface area (Å²) in [5.41, 5.74) is 0.832. The number of benzene rings is 2. The second-order valence-electron chi connectivity index (χ2n) is 6.02. The van der Waals surface area contributed by atoms with Crippen LogP contribution in [0.5, 0.6) is 0 Å². The van der Waals surface area contributed by atoms with E-state index in [0.29, 0.717) is 11.5 Å². The van der Waals surface area contributed by atoms with E-state index in [4.69, 9.17) is 4.74 Å². The number of anilines is 1. The van der Waals surface area contributed by atoms with E-state index in [9.17, 15) is 18.4 Å². The summed E-state index contributed by atoms with van der Waals surface area (Å²) in [4.78, 5) is 23.6. The van der Waals surface area contributed by atoms with Crippen LogP contribution in [0.25, 0.3) is 0 Å². The van der Waals surface area contributed by atoms with Gasteiger partial charge in [-0.1, -0.05) is 32.0 Å². The van der Waals surface area contributed by atoms with Crippen molar-refractivity contribution in [3.8, 4) is 0 Å². The van der Waals surface area contributed by atoms with Gasteiger partial charge in [0.05, 0.1) is 5.56 Å². The fourth-order valence-electron chi connectivity index (χ4n) is 2.26. The normalized spacial score (nSPS) is 10.6. The van der Waals surface area contributed by atoms with Crippen LogP contribution in [0.1, 0.15) is 29.8 Å². The summed E-state index contributed by atoms with van der Waals surface area (Å²) >= 11 is 0. The minimum absolute atomic E-state index is 0.303. The molecule has 25 heavy (non-hydrogen) atoms. The number of ether oxygens (including phenoxy) is 1. The molecule has 0 aliphatic carbocycles. The number of nitrogens with one attached hydrogen (secondary N) is 1. The lowest BCUT2D eigenvalue weighted by molar-refractivity contribution is -0.119. The molecule has 2 aromatic rings. The van der Waals surface area contributed by atoms with Crippen LogP contribution in [0, 0.1) is 17.6 Å². The van der Waals surface area contributed by atoms with Crippen LogP contribution in [0.3, 0.4) is 0 Å². The van der Waals surface area contributed by atoms with E-state index in [1.165, 1.54) is 6.07 Å². The standard InChI is InChI=1S/C19H19F2NO3/c1-12(2)10-13-6-8-14(9-7-13)19(24)25-11-17(23)22-18-15(20)4-3-5-16(18)21/h3-9,12H,10-11H2,1-2H3,(H,22,23). The van der Waals surface area contributed by atoms with Crippen molar-refractivity contribution in [2.75, 3.05) is 11.9 Å². The molecule has 0 unspecified atom stereocenters. The molecule has 1 amide bonds. The predicted molar refractivity (Wildman–Crippen MR) is 90.3 cm³/mol. The van der Waals surface area contributed by atoms with E-state index in [-0.39, 0.29) is 0 Å². The van der Waals surface area contributed by atoms with Gasteiger partial charge in [-0.15, -0.1) is 0 Å². The molecule has 0 atom stereocenters. The molecule has 0 saturated carbocycles. The Hall–Kier alpha value is -2.76. The van der Waals surface area contributed by atoms with E-state index in [1.807, 2.05) is 17.4 Å². The first kappa shape index (κ1) is 18.6. The van der Waals surface area contributed by atoms with Crippen LogP contribution < -0.4 is 5.32 Å². The molecule has 0 bridgehead atoms. The van der Waals surface area contributed by atoms with Crippen molar-refractivity contribution in [1.29, 1.82) is 0 Å². The maximum absolute atomic E-state index is 13.4. The Bertz CT molecular complexity index is 738. The van der Waals surface area contributed by atoms with E-state index in [1.54, 1.807) is 12.1 Å². The maximum Gasteiger partial charge on any atom is 0.338 e. The van der Waals surface area contributed by atoms with Crippen molar-refractivity contribution >= 4 is 17.6 Å². The topological polar surface area (TPSA) is 55.4 Å². The van der Waals surface area contributed by atoms with Gasteiger partial charge in [0.2, 0.25) is 0 Å². The van der Waals surface area contributed by atoms with E-state index >= 15 is 0 Å². The van der Waals surface area contributed by atoms with Gasteiger partial charge in [-0.25, -0.2) is 13.6 Å². The van der Waals surface area contributed by atoms with Crippen molar-refractivity contribution in [3.05, 3.63) is 65.2 Å². The summed E-state index contributed by atoms with van der Waals surface area (Å²) in [7, 11) is 0. The van der Waals surface area contributed by atoms with Crippen molar-refractivity contribution in [2.24, 2.45) is 5.92 Å². The SMILES string of the molecule is CC(C)Cc1ccc(C(=O)OCC(=O)Nc2c(F)cccc2F)cc1. The smallest absolute Gasteiger partial charge is 0.338 e. The van der Waals surface area contributed by atoms with Gasteiger partial charge in [0, 0.05) is 0 Å². The van der Waals surface area contributed by atoms with Crippen LogP contribution in [-0.2, 0) is 16.0 Å². The van der Waals surface area contributed by atoms with Gasteiger partial charge in [0.1, 0.15) is 17.3 Å². The number of esters is 1. The zero-order valence-corrected chi connectivity index (χ0v) is 14.0. The quantitative estimate of drug-likeness (QED) is 0.805. The first-order chi connectivity index (χ1) is 11.9. The van der Waals surface area contributed by atoms with Crippen molar-refractivity contribution in [3.63, 3.8) is 0 Å². The highest BCUT2D eigenvalue weighted by Gasteiger charge is 2.14. The first-order valence-electron chi connectivity index (χ1n) is 7.86. The fraction of sp³-hybridized carbons (Fsp3) is 0.263. The number of carbonyl (C=O) groups excluding carboxylic acids is 2. The molecule has 6 heteroatoms. The lowest BCUT2D eigenvalue weighted by Crippen LogP contribution is -2.22. The molecule has 0 heterocycles. The van der Waals surface area contributed by atoms with Gasteiger partial charge in [-0.05, 0) is 42.2 Å². The van der Waals surface area contributed by atoms with Gasteiger partial charge in [0.25, 0.3) is 5.91 Å². The highest BCUT2D eigenvalue weighted by Crippen LogP contribution is 2.17. The molecule has 0 radical (unpaired) electrons. The molecule has 0 aliphatic heterocycles. The summed E-state index contributed by atoms with van der Waals surface area (Å²) in [5, 5.41) is 2.05. The summed E-state index contributed by atoms with van der Waals surface area (Å²) in [6.07, 6.45) is 0.895. The molecule has 0 fully saturated rings. The Morgan fingerprint density at radius 3 is 2.20 bits per heavy atom. The van der Waals surface area contributed by atoms with Crippen molar-refractivity contribution in [1.82, 2.24) is 0 Å². The van der Waals surface area contributed by atoms with E-state index in [0.717, 1.165) is 24.1 Å². The molecular formula is C19H19F2NO3. The van der Waals surface area contributed by atoms with Crippen molar-refractivity contribution in [2.45, 2.75) is 20.3 Å². The number of amides is 1. The molecule has 0 saturated heterocycles. The Kier molecular flexibility index (Phi) is 6.22. The molecule has 132 valence electrons. The number of para-hydroxylation sites is 1. The third-order valence-electron chi connectivity index (χ3n) is 3.40. The molecular weight excluding hydrogens is 328 g/mol. The third kappa shape index (κ3) is 5.38. The summed E-state index contributed by atoms with van der Waals surface area (Å²) in [5.74, 6) is -2.81. The zero-order chi connectivity index (χ0) is 18.4. The zero-order valence-electron chi connectivity index (χ0n) is 14.0. The third-order valence-corrected chi connectivity index (χ3v) is 3.40. The summed E-state index contributed by atoms with van der Waals surface area (Å²) < 4.78 is 31.7. The highest BCUT2D eigenvalue weighted by atomic mass is 19.1. The number of halogens is 2. The largest absolute Gasteiger partial charge is 0.452 e. The minimum Gasteiger partial charge on any atom is -0.452 e. The Balaban J connectivity index is 1.90. The van der Waals surface area contributed by atoms with Crippen LogP contribution in [-0.4, -0.2) is 18.5 Å². The lowest BCUT2D eigenvalue weighted by Gasteiger charge is -2.09. The highest BCUT2D eigenvalue weighted by molar-refractivity contribution is 5.95. The van der Waals surface area contributed by atoms with Crippen LogP contribution in [0.4, 0.5) is 14.5 Å². The average Bonchev–Trinajstić information content (AvgIpc) is 2.56. The number of carbonyl (C=O) groups is 2. The Morgan fingerprint density at radius 1 is 1.04 bits per heavy atom. The molecule has 0 aliphatic rings. The minimum atomic E-state index is -0.902. The summed E-state index contributed by atoms with van der Waals surface area (Å²) in [6.45, 7) is 3.55. The Morgan fingerprint density at radius 2 is 1.64 bits per heavy atom. The number of rotatable bonds is 6. The fourth-order valence-corrected chi connectivity index (χ4v) is 2.26. The first-order valence-corrected chi connectivity index (χ1v) is 7.86. The van der Waals surface area contributed by atoms with Crippen LogP contribution in [0.2, 0.25) is 0 Å². The monoisotopic (exact) mass is 347 g/mol.